The summed E-state index contributed by atoms with van der Waals surface area (Å²) in [7, 11) is 0. The highest BCUT2D eigenvalue weighted by Gasteiger charge is 2.10. The van der Waals surface area contributed by atoms with Crippen LogP contribution in [0.2, 0.25) is 0 Å². The molecule has 5 nitrogen and oxygen atoms in total. The first-order valence-electron chi connectivity index (χ1n) is 8.19. The third kappa shape index (κ3) is 4.34. The molecule has 26 heavy (non-hydrogen) atoms. The highest BCUT2D eigenvalue weighted by atomic mass is 32.1. The van der Waals surface area contributed by atoms with E-state index in [1.54, 1.807) is 0 Å². The number of aryl methyl sites for hydroxylation is 1. The Morgan fingerprint density at radius 2 is 1.81 bits per heavy atom. The molecule has 2 amide bonds. The Morgan fingerprint density at radius 1 is 1.08 bits per heavy atom. The summed E-state index contributed by atoms with van der Waals surface area (Å²) in [5.41, 5.74) is 4.19. The highest BCUT2D eigenvalue weighted by molar-refractivity contribution is 7.09. The van der Waals surface area contributed by atoms with Crippen molar-refractivity contribution in [3.63, 3.8) is 0 Å². The number of carbonyl (C=O) groups excluding carboxylic acids is 2. The molecule has 1 heterocycles. The van der Waals surface area contributed by atoms with Crippen LogP contribution in [0.15, 0.2) is 53.9 Å². The topological polar surface area (TPSA) is 71.1 Å². The van der Waals surface area contributed by atoms with Crippen LogP contribution >= 0.6 is 11.3 Å². The smallest absolute Gasteiger partial charge is 0.251 e. The summed E-state index contributed by atoms with van der Waals surface area (Å²) in [6.45, 7) is 3.79. The maximum atomic E-state index is 12.3. The lowest BCUT2D eigenvalue weighted by atomic mass is 10.1. The van der Waals surface area contributed by atoms with Crippen molar-refractivity contribution in [1.29, 1.82) is 0 Å². The number of rotatable bonds is 5. The van der Waals surface area contributed by atoms with Crippen molar-refractivity contribution in [3.05, 3.63) is 70.0 Å². The second kappa shape index (κ2) is 7.93. The lowest BCUT2D eigenvalue weighted by molar-refractivity contribution is -0.114. The molecule has 0 aliphatic heterocycles. The van der Waals surface area contributed by atoms with E-state index in [-0.39, 0.29) is 11.8 Å². The fourth-order valence-corrected chi connectivity index (χ4v) is 3.27. The predicted molar refractivity (Wildman–Crippen MR) is 104 cm³/mol. The molecule has 3 rings (SSSR count). The van der Waals surface area contributed by atoms with Crippen molar-refractivity contribution >= 4 is 28.8 Å². The molecule has 0 atom stereocenters. The summed E-state index contributed by atoms with van der Waals surface area (Å²) in [4.78, 5) is 27.9. The maximum absolute atomic E-state index is 12.3. The molecule has 1 aromatic heterocycles. The van der Waals surface area contributed by atoms with E-state index in [4.69, 9.17) is 0 Å². The van der Waals surface area contributed by atoms with E-state index in [2.05, 4.69) is 15.6 Å². The normalized spacial score (nSPS) is 10.4. The highest BCUT2D eigenvalue weighted by Crippen LogP contribution is 2.23. The summed E-state index contributed by atoms with van der Waals surface area (Å²) in [6, 6.07) is 15.0. The van der Waals surface area contributed by atoms with Gasteiger partial charge >= 0.3 is 0 Å². The van der Waals surface area contributed by atoms with Crippen LogP contribution in [0.5, 0.6) is 0 Å². The van der Waals surface area contributed by atoms with Crippen molar-refractivity contribution in [2.75, 3.05) is 5.32 Å². The van der Waals surface area contributed by atoms with Crippen LogP contribution in [0.3, 0.4) is 0 Å². The van der Waals surface area contributed by atoms with E-state index in [9.17, 15) is 9.59 Å². The Kier molecular flexibility index (Phi) is 5.43. The van der Waals surface area contributed by atoms with Crippen LogP contribution in [0.1, 0.15) is 27.9 Å². The zero-order valence-corrected chi connectivity index (χ0v) is 15.4. The van der Waals surface area contributed by atoms with Gasteiger partial charge in [-0.1, -0.05) is 30.3 Å². The SMILES string of the molecule is CC(=O)Nc1ccc(-c2csc(CNC(=O)c3ccccc3C)n2)cc1. The number of aromatic nitrogens is 1. The number of hydrogen-bond acceptors (Lipinski definition) is 4. The van der Waals surface area contributed by atoms with E-state index in [1.807, 2.05) is 60.8 Å². The second-order valence-electron chi connectivity index (χ2n) is 5.88. The van der Waals surface area contributed by atoms with Crippen molar-refractivity contribution in [1.82, 2.24) is 10.3 Å². The molecule has 2 aromatic carbocycles. The molecule has 0 aliphatic rings. The average Bonchev–Trinajstić information content (AvgIpc) is 3.09. The first kappa shape index (κ1) is 17.8. The summed E-state index contributed by atoms with van der Waals surface area (Å²) >= 11 is 1.51. The van der Waals surface area contributed by atoms with Crippen LogP contribution in [-0.2, 0) is 11.3 Å². The van der Waals surface area contributed by atoms with Crippen molar-refractivity contribution in [3.8, 4) is 11.3 Å². The third-order valence-corrected chi connectivity index (χ3v) is 4.69. The maximum Gasteiger partial charge on any atom is 0.251 e. The van der Waals surface area contributed by atoms with Crippen LogP contribution < -0.4 is 10.6 Å². The molecule has 0 spiro atoms. The van der Waals surface area contributed by atoms with Gasteiger partial charge in [-0.15, -0.1) is 11.3 Å². The van der Waals surface area contributed by atoms with Crippen LogP contribution in [0, 0.1) is 6.92 Å². The molecule has 0 fully saturated rings. The van der Waals surface area contributed by atoms with Gasteiger partial charge in [0, 0.05) is 29.1 Å². The average molecular weight is 365 g/mol. The van der Waals surface area contributed by atoms with Crippen LogP contribution in [0.4, 0.5) is 5.69 Å². The van der Waals surface area contributed by atoms with Gasteiger partial charge in [-0.05, 0) is 30.7 Å². The minimum Gasteiger partial charge on any atom is -0.346 e. The number of thiazole rings is 1. The molecule has 6 heteroatoms. The lowest BCUT2D eigenvalue weighted by Gasteiger charge is -2.06. The first-order chi connectivity index (χ1) is 12.5. The van der Waals surface area contributed by atoms with Gasteiger partial charge in [-0.2, -0.15) is 0 Å². The summed E-state index contributed by atoms with van der Waals surface area (Å²) in [6.07, 6.45) is 0. The third-order valence-electron chi connectivity index (χ3n) is 3.84. The number of carbonyl (C=O) groups is 2. The van der Waals surface area contributed by atoms with Gasteiger partial charge in [0.2, 0.25) is 5.91 Å². The van der Waals surface area contributed by atoms with Gasteiger partial charge in [0.25, 0.3) is 5.91 Å². The van der Waals surface area contributed by atoms with E-state index in [0.29, 0.717) is 12.1 Å². The van der Waals surface area contributed by atoms with Gasteiger partial charge in [-0.3, -0.25) is 9.59 Å². The Balaban J connectivity index is 1.64. The summed E-state index contributed by atoms with van der Waals surface area (Å²) < 4.78 is 0. The van der Waals surface area contributed by atoms with E-state index in [1.165, 1.54) is 18.3 Å². The molecule has 0 unspecified atom stereocenters. The molecule has 0 saturated heterocycles. The Bertz CT molecular complexity index is 932. The van der Waals surface area contributed by atoms with Crippen molar-refractivity contribution in [2.45, 2.75) is 20.4 Å². The molecule has 0 saturated carbocycles. The minimum atomic E-state index is -0.0990. The standard InChI is InChI=1S/C20H19N3O2S/c1-13-5-3-4-6-17(13)20(25)21-11-19-23-18(12-26-19)15-7-9-16(10-8-15)22-14(2)24/h3-10,12H,11H2,1-2H3,(H,21,25)(H,22,24). The zero-order valence-electron chi connectivity index (χ0n) is 14.6. The van der Waals surface area contributed by atoms with E-state index in [0.717, 1.165) is 27.5 Å². The predicted octanol–water partition coefficient (Wildman–Crippen LogP) is 4.01. The van der Waals surface area contributed by atoms with Gasteiger partial charge < -0.3 is 10.6 Å². The monoisotopic (exact) mass is 365 g/mol. The fraction of sp³-hybridized carbons (Fsp3) is 0.150. The van der Waals surface area contributed by atoms with Gasteiger partial charge in [0.05, 0.1) is 12.2 Å². The number of amides is 2. The van der Waals surface area contributed by atoms with Crippen LogP contribution in [0.25, 0.3) is 11.3 Å². The van der Waals surface area contributed by atoms with E-state index < -0.39 is 0 Å². The molecule has 132 valence electrons. The van der Waals surface area contributed by atoms with Crippen LogP contribution in [-0.4, -0.2) is 16.8 Å². The number of nitrogens with one attached hydrogen (secondary N) is 2. The number of hydrogen-bond donors (Lipinski definition) is 2. The second-order valence-corrected chi connectivity index (χ2v) is 6.83. The quantitative estimate of drug-likeness (QED) is 0.718. The molecule has 3 aromatic rings. The Labute approximate surface area is 156 Å². The number of nitrogens with zero attached hydrogens (tertiary/aromatic N) is 1. The number of benzene rings is 2. The molecule has 0 bridgehead atoms. The van der Waals surface area contributed by atoms with E-state index >= 15 is 0 Å². The molecular weight excluding hydrogens is 346 g/mol. The Hall–Kier alpha value is -2.99. The Morgan fingerprint density at radius 3 is 2.50 bits per heavy atom. The molecule has 2 N–H and O–H groups in total. The minimum absolute atomic E-state index is 0.0977. The first-order valence-corrected chi connectivity index (χ1v) is 9.07. The molecule has 0 aliphatic carbocycles. The van der Waals surface area contributed by atoms with Gasteiger partial charge in [-0.25, -0.2) is 4.98 Å². The number of anilines is 1. The fourth-order valence-electron chi connectivity index (χ4n) is 2.53. The summed E-state index contributed by atoms with van der Waals surface area (Å²) in [5, 5.41) is 8.45. The largest absolute Gasteiger partial charge is 0.346 e. The summed E-state index contributed by atoms with van der Waals surface area (Å²) in [5.74, 6) is -0.197. The molecule has 0 radical (unpaired) electrons. The molecular formula is C20H19N3O2S. The van der Waals surface area contributed by atoms with Gasteiger partial charge in [0.1, 0.15) is 5.01 Å². The van der Waals surface area contributed by atoms with Gasteiger partial charge in [0.15, 0.2) is 0 Å². The lowest BCUT2D eigenvalue weighted by Crippen LogP contribution is -2.23. The van der Waals surface area contributed by atoms with Crippen molar-refractivity contribution in [2.24, 2.45) is 0 Å². The van der Waals surface area contributed by atoms with Crippen molar-refractivity contribution < 1.29 is 9.59 Å². The zero-order chi connectivity index (χ0) is 18.5.